The number of hydrogen-bond donors (Lipinski definition) is 2. The van der Waals surface area contributed by atoms with E-state index in [4.69, 9.17) is 4.74 Å². The summed E-state index contributed by atoms with van der Waals surface area (Å²) in [5, 5.41) is 18.1. The van der Waals surface area contributed by atoms with E-state index in [2.05, 4.69) is 29.2 Å². The number of aryl methyl sites for hydroxylation is 1. The van der Waals surface area contributed by atoms with Crippen LogP contribution < -0.4 is 5.32 Å². The van der Waals surface area contributed by atoms with Crippen molar-refractivity contribution in [1.82, 2.24) is 20.1 Å². The molecular weight excluding hydrogens is 316 g/mol. The van der Waals surface area contributed by atoms with Crippen LogP contribution in [0.1, 0.15) is 43.4 Å². The zero-order chi connectivity index (χ0) is 17.6. The molecule has 3 rings (SSSR count). The molecule has 25 heavy (non-hydrogen) atoms. The number of hydrogen-bond acceptors (Lipinski definition) is 5. The first-order valence-corrected chi connectivity index (χ1v) is 9.08. The van der Waals surface area contributed by atoms with E-state index < -0.39 is 6.10 Å². The molecule has 2 atom stereocenters. The highest BCUT2D eigenvalue weighted by molar-refractivity contribution is 5.13. The lowest BCUT2D eigenvalue weighted by molar-refractivity contribution is 0.0269. The molecule has 2 aromatic rings. The van der Waals surface area contributed by atoms with Crippen molar-refractivity contribution < 1.29 is 9.84 Å². The second-order valence-electron chi connectivity index (χ2n) is 7.02. The van der Waals surface area contributed by atoms with Gasteiger partial charge in [0.05, 0.1) is 25.9 Å². The van der Waals surface area contributed by atoms with Crippen molar-refractivity contribution in [2.75, 3.05) is 13.2 Å². The molecule has 2 heterocycles. The number of aromatic nitrogens is 3. The van der Waals surface area contributed by atoms with Crippen LogP contribution in [-0.2, 0) is 24.3 Å². The van der Waals surface area contributed by atoms with Crippen LogP contribution in [0.5, 0.6) is 0 Å². The Hall–Kier alpha value is -1.76. The third-order valence-electron chi connectivity index (χ3n) is 4.45. The quantitative estimate of drug-likeness (QED) is 0.765. The van der Waals surface area contributed by atoms with Crippen LogP contribution in [0.3, 0.4) is 0 Å². The first-order chi connectivity index (χ1) is 12.1. The number of aliphatic hydroxyl groups is 1. The summed E-state index contributed by atoms with van der Waals surface area (Å²) in [7, 11) is 0. The lowest BCUT2D eigenvalue weighted by Crippen LogP contribution is -2.42. The molecular formula is C19H28N4O2. The second-order valence-corrected chi connectivity index (χ2v) is 7.02. The van der Waals surface area contributed by atoms with Crippen LogP contribution in [0.4, 0.5) is 0 Å². The molecule has 0 fully saturated rings. The van der Waals surface area contributed by atoms with Crippen LogP contribution in [0.25, 0.3) is 0 Å². The summed E-state index contributed by atoms with van der Waals surface area (Å²) in [6.07, 6.45) is 1.44. The molecule has 1 aliphatic heterocycles. The molecule has 6 nitrogen and oxygen atoms in total. The Labute approximate surface area is 149 Å². The van der Waals surface area contributed by atoms with Gasteiger partial charge in [0.15, 0.2) is 5.82 Å². The van der Waals surface area contributed by atoms with Gasteiger partial charge in [-0.15, -0.1) is 0 Å². The predicted octanol–water partition coefficient (Wildman–Crippen LogP) is 1.88. The van der Waals surface area contributed by atoms with E-state index in [1.165, 1.54) is 0 Å². The molecule has 1 aliphatic rings. The van der Waals surface area contributed by atoms with Crippen molar-refractivity contribution in [3.8, 4) is 0 Å². The predicted molar refractivity (Wildman–Crippen MR) is 96.3 cm³/mol. The molecule has 136 valence electrons. The summed E-state index contributed by atoms with van der Waals surface area (Å²) < 4.78 is 7.60. The standard InChI is InChI=1S/C19H28N4O2/c1-14(2)19-21-18-9-8-16(11-23(18)22-19)20-10-17(24)13-25-12-15-6-4-3-5-7-15/h3-7,14,16-17,20,24H,8-13H2,1-2H3/t16-,17-/m1/s1. The minimum absolute atomic E-state index is 0.318. The summed E-state index contributed by atoms with van der Waals surface area (Å²) in [5.41, 5.74) is 1.12. The largest absolute Gasteiger partial charge is 0.389 e. The van der Waals surface area contributed by atoms with E-state index in [0.717, 1.165) is 36.6 Å². The first-order valence-electron chi connectivity index (χ1n) is 9.08. The Morgan fingerprint density at radius 2 is 2.12 bits per heavy atom. The Bertz CT molecular complexity index is 657. The van der Waals surface area contributed by atoms with Crippen LogP contribution in [0.2, 0.25) is 0 Å². The molecule has 0 saturated carbocycles. The normalized spacial score (nSPS) is 18.3. The molecule has 0 aliphatic carbocycles. The number of aliphatic hydroxyl groups excluding tert-OH is 1. The summed E-state index contributed by atoms with van der Waals surface area (Å²) in [6, 6.07) is 10.3. The van der Waals surface area contributed by atoms with Gasteiger partial charge in [-0.1, -0.05) is 44.2 Å². The highest BCUT2D eigenvalue weighted by atomic mass is 16.5. The molecule has 0 unspecified atom stereocenters. The molecule has 0 bridgehead atoms. The third-order valence-corrected chi connectivity index (χ3v) is 4.45. The first kappa shape index (κ1) is 18.0. The number of nitrogens with zero attached hydrogens (tertiary/aromatic N) is 3. The molecule has 0 saturated heterocycles. The topological polar surface area (TPSA) is 72.2 Å². The number of fused-ring (bicyclic) bond motifs is 1. The third kappa shape index (κ3) is 5.11. The Kier molecular flexibility index (Phi) is 6.18. The zero-order valence-corrected chi connectivity index (χ0v) is 15.1. The molecule has 1 aromatic carbocycles. The monoisotopic (exact) mass is 344 g/mol. The maximum atomic E-state index is 10.1. The molecule has 2 N–H and O–H groups in total. The maximum Gasteiger partial charge on any atom is 0.153 e. The van der Waals surface area contributed by atoms with E-state index in [-0.39, 0.29) is 0 Å². The van der Waals surface area contributed by atoms with E-state index in [0.29, 0.717) is 31.7 Å². The van der Waals surface area contributed by atoms with Gasteiger partial charge in [-0.2, -0.15) is 5.10 Å². The van der Waals surface area contributed by atoms with Gasteiger partial charge in [0, 0.05) is 24.9 Å². The maximum absolute atomic E-state index is 10.1. The van der Waals surface area contributed by atoms with E-state index in [1.54, 1.807) is 0 Å². The number of benzene rings is 1. The fourth-order valence-electron chi connectivity index (χ4n) is 2.99. The second kappa shape index (κ2) is 8.56. The van der Waals surface area contributed by atoms with Crippen molar-refractivity contribution in [3.63, 3.8) is 0 Å². The molecule has 1 aromatic heterocycles. The fourth-order valence-corrected chi connectivity index (χ4v) is 2.99. The van der Waals surface area contributed by atoms with E-state index in [1.807, 2.05) is 35.0 Å². The lowest BCUT2D eigenvalue weighted by atomic mass is 10.1. The van der Waals surface area contributed by atoms with E-state index in [9.17, 15) is 5.11 Å². The summed E-state index contributed by atoms with van der Waals surface area (Å²) in [5.74, 6) is 2.35. The molecule has 0 amide bonds. The average Bonchev–Trinajstić information content (AvgIpc) is 3.04. The van der Waals surface area contributed by atoms with Gasteiger partial charge in [0.1, 0.15) is 5.82 Å². The van der Waals surface area contributed by atoms with Crippen molar-refractivity contribution >= 4 is 0 Å². The van der Waals surface area contributed by atoms with Crippen LogP contribution >= 0.6 is 0 Å². The molecule has 0 radical (unpaired) electrons. The summed E-state index contributed by atoms with van der Waals surface area (Å²) in [6.45, 7) is 6.43. The average molecular weight is 344 g/mol. The lowest BCUT2D eigenvalue weighted by Gasteiger charge is -2.24. The van der Waals surface area contributed by atoms with Gasteiger partial charge in [-0.25, -0.2) is 9.67 Å². The highest BCUT2D eigenvalue weighted by Gasteiger charge is 2.22. The van der Waals surface area contributed by atoms with Crippen molar-refractivity contribution in [2.24, 2.45) is 0 Å². The Balaban J connectivity index is 1.38. The number of rotatable bonds is 8. The van der Waals surface area contributed by atoms with Gasteiger partial charge in [0.25, 0.3) is 0 Å². The zero-order valence-electron chi connectivity index (χ0n) is 15.1. The Morgan fingerprint density at radius 3 is 2.88 bits per heavy atom. The minimum Gasteiger partial charge on any atom is -0.389 e. The van der Waals surface area contributed by atoms with Crippen molar-refractivity contribution in [2.45, 2.75) is 57.9 Å². The summed E-state index contributed by atoms with van der Waals surface area (Å²) in [4.78, 5) is 4.60. The number of ether oxygens (including phenoxy) is 1. The van der Waals surface area contributed by atoms with Gasteiger partial charge >= 0.3 is 0 Å². The van der Waals surface area contributed by atoms with Gasteiger partial charge < -0.3 is 15.2 Å². The fraction of sp³-hybridized carbons (Fsp3) is 0.579. The minimum atomic E-state index is -0.507. The van der Waals surface area contributed by atoms with Crippen LogP contribution in [0.15, 0.2) is 30.3 Å². The number of nitrogens with one attached hydrogen (secondary N) is 1. The van der Waals surface area contributed by atoms with Crippen molar-refractivity contribution in [1.29, 1.82) is 0 Å². The highest BCUT2D eigenvalue weighted by Crippen LogP contribution is 2.16. The van der Waals surface area contributed by atoms with Crippen LogP contribution in [-0.4, -0.2) is 45.2 Å². The van der Waals surface area contributed by atoms with Crippen molar-refractivity contribution in [3.05, 3.63) is 47.5 Å². The smallest absolute Gasteiger partial charge is 0.153 e. The summed E-state index contributed by atoms with van der Waals surface area (Å²) >= 11 is 0. The Morgan fingerprint density at radius 1 is 1.32 bits per heavy atom. The molecule has 6 heteroatoms. The van der Waals surface area contributed by atoms with Gasteiger partial charge in [-0.05, 0) is 12.0 Å². The molecule has 0 spiro atoms. The van der Waals surface area contributed by atoms with Crippen LogP contribution in [0, 0.1) is 0 Å². The SMILES string of the molecule is CC(C)c1nc2n(n1)C[C@H](NC[C@@H](O)COCc1ccccc1)CC2. The van der Waals surface area contributed by atoms with E-state index >= 15 is 0 Å². The van der Waals surface area contributed by atoms with Gasteiger partial charge in [0.2, 0.25) is 0 Å². The van der Waals surface area contributed by atoms with Gasteiger partial charge in [-0.3, -0.25) is 0 Å².